The molecule has 2 atom stereocenters. The van der Waals surface area contributed by atoms with Crippen LogP contribution in [0.3, 0.4) is 0 Å². The molecule has 7 nitrogen and oxygen atoms in total. The van der Waals surface area contributed by atoms with Gasteiger partial charge in [-0.1, -0.05) is 11.6 Å². The fourth-order valence-corrected chi connectivity index (χ4v) is 4.80. The lowest BCUT2D eigenvalue weighted by molar-refractivity contribution is -0.142. The summed E-state index contributed by atoms with van der Waals surface area (Å²) in [5, 5.41) is 7.09. The Morgan fingerprint density at radius 2 is 2.22 bits per heavy atom. The summed E-state index contributed by atoms with van der Waals surface area (Å²) < 4.78 is 10.3. The van der Waals surface area contributed by atoms with Gasteiger partial charge in [0.25, 0.3) is 0 Å². The molecular weight excluding hydrogens is 346 g/mol. The van der Waals surface area contributed by atoms with Gasteiger partial charge in [0.2, 0.25) is 11.8 Å². The standard InChI is InChI=1S/C20H31N3O4/c1-14-16(15(2)27-22-14)6-7-18(24)21-13-20-9-4-5-17(20)23(11-12-26-3)19(25)8-10-20/h17H,4-13H2,1-3H3,(H,21,24)/t17-,20+/m1/s1. The first-order chi connectivity index (χ1) is 13.0. The van der Waals surface area contributed by atoms with E-state index in [1.54, 1.807) is 7.11 Å². The number of rotatable bonds is 8. The first kappa shape index (κ1) is 19.9. The maximum atomic E-state index is 12.4. The van der Waals surface area contributed by atoms with Crippen LogP contribution in [0, 0.1) is 19.3 Å². The van der Waals surface area contributed by atoms with Gasteiger partial charge in [0.1, 0.15) is 5.76 Å². The SMILES string of the molecule is COCCN1C(=O)CC[C@]2(CNC(=O)CCc3c(C)noc3C)CCC[C@@H]12. The van der Waals surface area contributed by atoms with Crippen LogP contribution in [0.15, 0.2) is 4.52 Å². The molecule has 2 aliphatic rings. The van der Waals surface area contributed by atoms with Crippen LogP contribution < -0.4 is 5.32 Å². The second-order valence-electron chi connectivity index (χ2n) is 7.93. The molecule has 1 aromatic rings. The van der Waals surface area contributed by atoms with Crippen LogP contribution in [0.5, 0.6) is 0 Å². The van der Waals surface area contributed by atoms with Crippen molar-refractivity contribution in [3.63, 3.8) is 0 Å². The van der Waals surface area contributed by atoms with Crippen molar-refractivity contribution in [1.29, 1.82) is 0 Å². The van der Waals surface area contributed by atoms with E-state index in [9.17, 15) is 9.59 Å². The summed E-state index contributed by atoms with van der Waals surface area (Å²) in [6.45, 7) is 5.63. The summed E-state index contributed by atoms with van der Waals surface area (Å²) in [7, 11) is 1.66. The molecule has 2 fully saturated rings. The number of aromatic nitrogens is 1. The molecule has 0 aromatic carbocycles. The van der Waals surface area contributed by atoms with Gasteiger partial charge in [-0.2, -0.15) is 0 Å². The van der Waals surface area contributed by atoms with Crippen LogP contribution in [0.1, 0.15) is 55.5 Å². The van der Waals surface area contributed by atoms with Crippen molar-refractivity contribution in [3.05, 3.63) is 17.0 Å². The molecule has 3 rings (SSSR count). The number of carbonyl (C=O) groups is 2. The zero-order chi connectivity index (χ0) is 19.4. The first-order valence-electron chi connectivity index (χ1n) is 9.94. The van der Waals surface area contributed by atoms with Crippen LogP contribution >= 0.6 is 0 Å². The fraction of sp³-hybridized carbons (Fsp3) is 0.750. The van der Waals surface area contributed by atoms with E-state index in [2.05, 4.69) is 10.5 Å². The molecular formula is C20H31N3O4. The smallest absolute Gasteiger partial charge is 0.222 e. The van der Waals surface area contributed by atoms with E-state index in [0.717, 1.165) is 42.7 Å². The van der Waals surface area contributed by atoms with Gasteiger partial charge in [0, 0.05) is 50.1 Å². The highest BCUT2D eigenvalue weighted by Gasteiger charge is 2.50. The maximum absolute atomic E-state index is 12.4. The van der Waals surface area contributed by atoms with Crippen LogP contribution in [0.4, 0.5) is 0 Å². The quantitative estimate of drug-likeness (QED) is 0.750. The van der Waals surface area contributed by atoms with E-state index in [-0.39, 0.29) is 23.3 Å². The van der Waals surface area contributed by atoms with Gasteiger partial charge < -0.3 is 19.5 Å². The Hall–Kier alpha value is -1.89. The van der Waals surface area contributed by atoms with E-state index < -0.39 is 0 Å². The average Bonchev–Trinajstić information content (AvgIpc) is 3.22. The summed E-state index contributed by atoms with van der Waals surface area (Å²) in [6.07, 6.45) is 5.69. The molecule has 7 heteroatoms. The molecule has 150 valence electrons. The molecule has 1 aromatic heterocycles. The lowest BCUT2D eigenvalue weighted by Crippen LogP contribution is -2.56. The number of hydrogen-bond donors (Lipinski definition) is 1. The number of piperidine rings is 1. The molecule has 2 heterocycles. The van der Waals surface area contributed by atoms with Crippen molar-refractivity contribution >= 4 is 11.8 Å². The van der Waals surface area contributed by atoms with E-state index in [1.807, 2.05) is 18.7 Å². The Balaban J connectivity index is 1.57. The highest BCUT2D eigenvalue weighted by atomic mass is 16.5. The Labute approximate surface area is 160 Å². The number of ether oxygens (including phenoxy) is 1. The Morgan fingerprint density at radius 1 is 1.41 bits per heavy atom. The van der Waals surface area contributed by atoms with Crippen molar-refractivity contribution in [2.75, 3.05) is 26.8 Å². The van der Waals surface area contributed by atoms with Crippen molar-refractivity contribution in [1.82, 2.24) is 15.4 Å². The number of methoxy groups -OCH3 is 1. The Morgan fingerprint density at radius 3 is 2.93 bits per heavy atom. The highest BCUT2D eigenvalue weighted by Crippen LogP contribution is 2.47. The molecule has 0 radical (unpaired) electrons. The van der Waals surface area contributed by atoms with Gasteiger partial charge in [-0.25, -0.2) is 0 Å². The number of likely N-dealkylation sites (tertiary alicyclic amines) is 1. The molecule has 1 aliphatic heterocycles. The molecule has 1 saturated carbocycles. The highest BCUT2D eigenvalue weighted by molar-refractivity contribution is 5.78. The van der Waals surface area contributed by atoms with Crippen molar-refractivity contribution in [2.24, 2.45) is 5.41 Å². The molecule has 0 unspecified atom stereocenters. The monoisotopic (exact) mass is 377 g/mol. The van der Waals surface area contributed by atoms with Crippen LogP contribution in [-0.2, 0) is 20.7 Å². The van der Waals surface area contributed by atoms with Gasteiger partial charge in [0.15, 0.2) is 0 Å². The molecule has 1 aliphatic carbocycles. The summed E-state index contributed by atoms with van der Waals surface area (Å²) in [6, 6.07) is 0.219. The number of fused-ring (bicyclic) bond motifs is 1. The first-order valence-corrected chi connectivity index (χ1v) is 9.94. The van der Waals surface area contributed by atoms with Gasteiger partial charge >= 0.3 is 0 Å². The van der Waals surface area contributed by atoms with Crippen LogP contribution in [0.25, 0.3) is 0 Å². The zero-order valence-electron chi connectivity index (χ0n) is 16.7. The minimum atomic E-state index is 0.0142. The lowest BCUT2D eigenvalue weighted by atomic mass is 9.74. The van der Waals surface area contributed by atoms with Crippen molar-refractivity contribution in [3.8, 4) is 0 Å². The molecule has 1 saturated heterocycles. The molecule has 2 amide bonds. The third-order valence-electron chi connectivity index (χ3n) is 6.35. The number of aryl methyl sites for hydroxylation is 2. The summed E-state index contributed by atoms with van der Waals surface area (Å²) in [5.74, 6) is 1.06. The molecule has 0 spiro atoms. The zero-order valence-corrected chi connectivity index (χ0v) is 16.7. The Kier molecular flexibility index (Phi) is 6.19. The van der Waals surface area contributed by atoms with Crippen LogP contribution in [0.2, 0.25) is 0 Å². The summed E-state index contributed by atoms with van der Waals surface area (Å²) in [4.78, 5) is 26.8. The number of carbonyl (C=O) groups excluding carboxylic acids is 2. The third kappa shape index (κ3) is 4.18. The Bertz CT molecular complexity index is 667. The predicted octanol–water partition coefficient (Wildman–Crippen LogP) is 2.15. The minimum absolute atomic E-state index is 0.0142. The third-order valence-corrected chi connectivity index (χ3v) is 6.35. The van der Waals surface area contributed by atoms with Gasteiger partial charge in [-0.15, -0.1) is 0 Å². The largest absolute Gasteiger partial charge is 0.383 e. The van der Waals surface area contributed by atoms with Gasteiger partial charge in [0.05, 0.1) is 12.3 Å². The fourth-order valence-electron chi connectivity index (χ4n) is 4.80. The summed E-state index contributed by atoms with van der Waals surface area (Å²) in [5.41, 5.74) is 1.89. The van der Waals surface area contributed by atoms with E-state index in [0.29, 0.717) is 39.0 Å². The van der Waals surface area contributed by atoms with Crippen molar-refractivity contribution in [2.45, 2.75) is 64.8 Å². The van der Waals surface area contributed by atoms with Gasteiger partial charge in [-0.3, -0.25) is 9.59 Å². The topological polar surface area (TPSA) is 84.7 Å². The molecule has 27 heavy (non-hydrogen) atoms. The number of nitrogens with zero attached hydrogens (tertiary/aromatic N) is 2. The molecule has 1 N–H and O–H groups in total. The van der Waals surface area contributed by atoms with Crippen molar-refractivity contribution < 1.29 is 18.8 Å². The average molecular weight is 377 g/mol. The normalized spacial score (nSPS) is 24.9. The second kappa shape index (κ2) is 8.42. The van der Waals surface area contributed by atoms with E-state index >= 15 is 0 Å². The van der Waals surface area contributed by atoms with Gasteiger partial charge in [-0.05, 0) is 39.5 Å². The molecule has 0 bridgehead atoms. The maximum Gasteiger partial charge on any atom is 0.222 e. The number of hydrogen-bond acceptors (Lipinski definition) is 5. The predicted molar refractivity (Wildman–Crippen MR) is 100 cm³/mol. The van der Waals surface area contributed by atoms with E-state index in [4.69, 9.17) is 9.26 Å². The summed E-state index contributed by atoms with van der Waals surface area (Å²) >= 11 is 0. The minimum Gasteiger partial charge on any atom is -0.383 e. The van der Waals surface area contributed by atoms with E-state index in [1.165, 1.54) is 0 Å². The second-order valence-corrected chi connectivity index (χ2v) is 7.93. The number of nitrogens with one attached hydrogen (secondary N) is 1. The van der Waals surface area contributed by atoms with Crippen LogP contribution in [-0.4, -0.2) is 54.7 Å². The number of amides is 2. The lowest BCUT2D eigenvalue weighted by Gasteiger charge is -2.46.